The Balaban J connectivity index is 1.61. The molecule has 0 amide bonds. The van der Waals surface area contributed by atoms with Gasteiger partial charge >= 0.3 is 0 Å². The number of benzene rings is 3. The Labute approximate surface area is 145 Å². The normalized spacial score (nSPS) is 12.7. The molecule has 3 aromatic rings. The monoisotopic (exact) mass is 332 g/mol. The van der Waals surface area contributed by atoms with Gasteiger partial charge in [0, 0.05) is 11.1 Å². The van der Waals surface area contributed by atoms with Crippen LogP contribution in [0.15, 0.2) is 60.7 Å². The molecule has 25 heavy (non-hydrogen) atoms. The molecule has 3 aromatic carbocycles. The predicted octanol–water partition coefficient (Wildman–Crippen LogP) is 4.47. The van der Waals surface area contributed by atoms with E-state index in [2.05, 4.69) is 0 Å². The molecule has 0 radical (unpaired) electrons. The topological polar surface area (TPSA) is 44.8 Å². The van der Waals surface area contributed by atoms with Crippen LogP contribution >= 0.6 is 0 Å². The van der Waals surface area contributed by atoms with Crippen molar-refractivity contribution in [2.75, 3.05) is 13.9 Å². The van der Waals surface area contributed by atoms with Crippen molar-refractivity contribution in [1.29, 1.82) is 0 Å². The van der Waals surface area contributed by atoms with E-state index >= 15 is 0 Å². The van der Waals surface area contributed by atoms with E-state index in [9.17, 15) is 4.79 Å². The molecular weight excluding hydrogens is 316 g/mol. The SMILES string of the molecule is COc1ccc2cc(C(=O)/C=C/c3cccc4c3OCO4)ccc2c1. The number of carbonyl (C=O) groups excluding carboxylic acids is 1. The maximum atomic E-state index is 12.5. The van der Waals surface area contributed by atoms with Crippen LogP contribution in [-0.2, 0) is 0 Å². The number of allylic oxidation sites excluding steroid dienone is 1. The highest BCUT2D eigenvalue weighted by Gasteiger charge is 2.15. The zero-order chi connectivity index (χ0) is 17.2. The highest BCUT2D eigenvalue weighted by molar-refractivity contribution is 6.08. The molecule has 1 heterocycles. The van der Waals surface area contributed by atoms with Crippen molar-refractivity contribution in [3.8, 4) is 17.2 Å². The van der Waals surface area contributed by atoms with Crippen molar-refractivity contribution in [1.82, 2.24) is 0 Å². The van der Waals surface area contributed by atoms with Gasteiger partial charge in [-0.15, -0.1) is 0 Å². The summed E-state index contributed by atoms with van der Waals surface area (Å²) >= 11 is 0. The minimum Gasteiger partial charge on any atom is -0.497 e. The molecule has 0 N–H and O–H groups in total. The highest BCUT2D eigenvalue weighted by Crippen LogP contribution is 2.36. The number of methoxy groups -OCH3 is 1. The van der Waals surface area contributed by atoms with Gasteiger partial charge in [0.25, 0.3) is 0 Å². The Morgan fingerprint density at radius 3 is 2.76 bits per heavy atom. The van der Waals surface area contributed by atoms with Crippen molar-refractivity contribution in [2.45, 2.75) is 0 Å². The lowest BCUT2D eigenvalue weighted by Gasteiger charge is -2.04. The maximum absolute atomic E-state index is 12.5. The summed E-state index contributed by atoms with van der Waals surface area (Å²) in [6.45, 7) is 0.211. The molecule has 4 rings (SSSR count). The number of hydrogen-bond donors (Lipinski definition) is 0. The van der Waals surface area contributed by atoms with Gasteiger partial charge in [-0.3, -0.25) is 4.79 Å². The van der Waals surface area contributed by atoms with E-state index in [0.717, 1.165) is 22.1 Å². The fraction of sp³-hybridized carbons (Fsp3) is 0.0952. The molecule has 0 saturated heterocycles. The van der Waals surface area contributed by atoms with Crippen molar-refractivity contribution in [3.63, 3.8) is 0 Å². The van der Waals surface area contributed by atoms with E-state index < -0.39 is 0 Å². The minimum atomic E-state index is -0.0609. The lowest BCUT2D eigenvalue weighted by Crippen LogP contribution is -1.95. The maximum Gasteiger partial charge on any atom is 0.231 e. The van der Waals surface area contributed by atoms with Crippen LogP contribution in [0.2, 0.25) is 0 Å². The second-order valence-corrected chi connectivity index (χ2v) is 5.71. The molecule has 0 bridgehead atoms. The van der Waals surface area contributed by atoms with Gasteiger partial charge in [-0.05, 0) is 47.2 Å². The van der Waals surface area contributed by atoms with E-state index in [-0.39, 0.29) is 12.6 Å². The molecular formula is C21H16O4. The van der Waals surface area contributed by atoms with Crippen molar-refractivity contribution in [3.05, 3.63) is 71.8 Å². The Kier molecular flexibility index (Phi) is 3.86. The molecule has 0 spiro atoms. The molecule has 0 unspecified atom stereocenters. The van der Waals surface area contributed by atoms with Crippen LogP contribution in [-0.4, -0.2) is 19.7 Å². The van der Waals surface area contributed by atoms with Crippen LogP contribution in [0.1, 0.15) is 15.9 Å². The zero-order valence-electron chi connectivity index (χ0n) is 13.7. The third-order valence-electron chi connectivity index (χ3n) is 4.17. The molecule has 1 aliphatic heterocycles. The molecule has 4 heteroatoms. The smallest absolute Gasteiger partial charge is 0.231 e. The number of para-hydroxylation sites is 1. The van der Waals surface area contributed by atoms with E-state index in [4.69, 9.17) is 14.2 Å². The van der Waals surface area contributed by atoms with Gasteiger partial charge in [0.2, 0.25) is 6.79 Å². The van der Waals surface area contributed by atoms with Crippen molar-refractivity contribution >= 4 is 22.6 Å². The molecule has 0 aliphatic carbocycles. The number of ketones is 1. The molecule has 0 atom stereocenters. The fourth-order valence-electron chi connectivity index (χ4n) is 2.85. The second-order valence-electron chi connectivity index (χ2n) is 5.71. The van der Waals surface area contributed by atoms with Gasteiger partial charge in [0.05, 0.1) is 7.11 Å². The Bertz CT molecular complexity index is 988. The van der Waals surface area contributed by atoms with Gasteiger partial charge in [0.15, 0.2) is 17.3 Å². The summed E-state index contributed by atoms with van der Waals surface area (Å²) in [5, 5.41) is 2.03. The molecule has 4 nitrogen and oxygen atoms in total. The molecule has 0 saturated carbocycles. The van der Waals surface area contributed by atoms with Crippen molar-refractivity contribution in [2.24, 2.45) is 0 Å². The largest absolute Gasteiger partial charge is 0.497 e. The van der Waals surface area contributed by atoms with Gasteiger partial charge in [-0.1, -0.05) is 30.3 Å². The Morgan fingerprint density at radius 1 is 1.04 bits per heavy atom. The fourth-order valence-corrected chi connectivity index (χ4v) is 2.85. The Hall–Kier alpha value is -3.27. The van der Waals surface area contributed by atoms with E-state index in [1.54, 1.807) is 19.3 Å². The number of carbonyl (C=O) groups is 1. The summed E-state index contributed by atoms with van der Waals surface area (Å²) in [5.74, 6) is 2.12. The second kappa shape index (κ2) is 6.32. The number of ether oxygens (including phenoxy) is 3. The highest BCUT2D eigenvalue weighted by atomic mass is 16.7. The van der Waals surface area contributed by atoms with Gasteiger partial charge < -0.3 is 14.2 Å². The van der Waals surface area contributed by atoms with Crippen LogP contribution in [0.3, 0.4) is 0 Å². The first-order valence-corrected chi connectivity index (χ1v) is 7.93. The Morgan fingerprint density at radius 2 is 1.88 bits per heavy atom. The first-order chi connectivity index (χ1) is 12.2. The molecule has 1 aliphatic rings. The average Bonchev–Trinajstić information content (AvgIpc) is 3.14. The first-order valence-electron chi connectivity index (χ1n) is 7.93. The molecule has 0 aromatic heterocycles. The lowest BCUT2D eigenvalue weighted by atomic mass is 10.0. The van der Waals surface area contributed by atoms with E-state index in [0.29, 0.717) is 17.1 Å². The zero-order valence-corrected chi connectivity index (χ0v) is 13.7. The van der Waals surface area contributed by atoms with Gasteiger partial charge in [-0.2, -0.15) is 0 Å². The summed E-state index contributed by atoms with van der Waals surface area (Å²) in [4.78, 5) is 12.5. The predicted molar refractivity (Wildman–Crippen MR) is 96.4 cm³/mol. The quantitative estimate of drug-likeness (QED) is 0.522. The van der Waals surface area contributed by atoms with Gasteiger partial charge in [0.1, 0.15) is 5.75 Å². The standard InChI is InChI=1S/C21H16O4/c1-23-18-9-7-15-11-17(6-5-16(15)12-18)19(22)10-8-14-3-2-4-20-21(14)25-13-24-20/h2-12H,13H2,1H3/b10-8+. The summed E-state index contributed by atoms with van der Waals surface area (Å²) in [6.07, 6.45) is 3.32. The van der Waals surface area contributed by atoms with Crippen LogP contribution in [0.25, 0.3) is 16.8 Å². The summed E-state index contributed by atoms with van der Waals surface area (Å²) in [6, 6.07) is 17.0. The minimum absolute atomic E-state index is 0.0609. The van der Waals surface area contributed by atoms with E-state index in [1.165, 1.54) is 0 Å². The number of fused-ring (bicyclic) bond motifs is 2. The third kappa shape index (κ3) is 2.94. The lowest BCUT2D eigenvalue weighted by molar-refractivity contribution is 0.104. The van der Waals surface area contributed by atoms with Gasteiger partial charge in [-0.25, -0.2) is 0 Å². The number of hydrogen-bond acceptors (Lipinski definition) is 4. The first kappa shape index (κ1) is 15.3. The van der Waals surface area contributed by atoms with E-state index in [1.807, 2.05) is 54.6 Å². The van der Waals surface area contributed by atoms with Crippen LogP contribution in [0.5, 0.6) is 17.2 Å². The molecule has 0 fully saturated rings. The average molecular weight is 332 g/mol. The summed E-state index contributed by atoms with van der Waals surface area (Å²) in [5.41, 5.74) is 1.47. The summed E-state index contributed by atoms with van der Waals surface area (Å²) < 4.78 is 16.0. The summed E-state index contributed by atoms with van der Waals surface area (Å²) in [7, 11) is 1.64. The third-order valence-corrected chi connectivity index (χ3v) is 4.17. The number of rotatable bonds is 4. The molecule has 124 valence electrons. The van der Waals surface area contributed by atoms with Crippen molar-refractivity contribution < 1.29 is 19.0 Å². The van der Waals surface area contributed by atoms with Crippen LogP contribution in [0.4, 0.5) is 0 Å². The van der Waals surface area contributed by atoms with Crippen LogP contribution in [0, 0.1) is 0 Å². The van der Waals surface area contributed by atoms with Crippen LogP contribution < -0.4 is 14.2 Å².